The number of methoxy groups -OCH3 is 1. The van der Waals surface area contributed by atoms with Gasteiger partial charge in [0.15, 0.2) is 0 Å². The van der Waals surface area contributed by atoms with Gasteiger partial charge in [0.2, 0.25) is 11.5 Å². The predicted octanol–water partition coefficient (Wildman–Crippen LogP) is 4.32. The first-order valence-corrected chi connectivity index (χ1v) is 13.5. The highest BCUT2D eigenvalue weighted by molar-refractivity contribution is 6.00. The lowest BCUT2D eigenvalue weighted by molar-refractivity contribution is -0.265. The zero-order valence-electron chi connectivity index (χ0n) is 23.9. The molecule has 44 heavy (non-hydrogen) atoms. The van der Waals surface area contributed by atoms with Crippen molar-refractivity contribution in [3.05, 3.63) is 82.9 Å². The molecule has 2 atom stereocenters. The third-order valence-corrected chi connectivity index (χ3v) is 7.83. The Kier molecular flexibility index (Phi) is 7.70. The van der Waals surface area contributed by atoms with E-state index in [1.54, 1.807) is 12.3 Å². The summed E-state index contributed by atoms with van der Waals surface area (Å²) >= 11 is 0. The van der Waals surface area contributed by atoms with Gasteiger partial charge in [0.05, 0.1) is 19.3 Å². The second-order valence-corrected chi connectivity index (χ2v) is 10.7. The molecule has 1 aliphatic heterocycles. The van der Waals surface area contributed by atoms with Crippen LogP contribution in [0.5, 0.6) is 11.5 Å². The largest absolute Gasteiger partial charge is 0.494 e. The van der Waals surface area contributed by atoms with Gasteiger partial charge in [-0.15, -0.1) is 0 Å². The number of aliphatic hydroxyl groups is 1. The average molecular weight is 613 g/mol. The van der Waals surface area contributed by atoms with Crippen LogP contribution >= 0.6 is 0 Å². The molecule has 0 fully saturated rings. The summed E-state index contributed by atoms with van der Waals surface area (Å²) in [5.41, 5.74) is 0.634. The molecule has 2 aromatic carbocycles. The lowest BCUT2D eigenvalue weighted by atomic mass is 9.81. The molecule has 3 heterocycles. The van der Waals surface area contributed by atoms with Crippen LogP contribution in [0.3, 0.4) is 0 Å². The van der Waals surface area contributed by atoms with Gasteiger partial charge < -0.3 is 25.6 Å². The van der Waals surface area contributed by atoms with Gasteiger partial charge in [-0.3, -0.25) is 14.6 Å². The molecule has 0 saturated carbocycles. The van der Waals surface area contributed by atoms with Crippen molar-refractivity contribution in [3.8, 4) is 22.8 Å². The Labute approximate surface area is 249 Å². The number of fused-ring (bicyclic) bond motifs is 2. The van der Waals surface area contributed by atoms with E-state index >= 15 is 0 Å². The van der Waals surface area contributed by atoms with Crippen molar-refractivity contribution in [1.29, 1.82) is 0 Å². The number of hydrogen-bond acceptors (Lipinski definition) is 7. The Morgan fingerprint density at radius 3 is 2.48 bits per heavy atom. The molecule has 2 aromatic heterocycles. The van der Waals surface area contributed by atoms with Gasteiger partial charge in [-0.1, -0.05) is 6.92 Å². The SMILES string of the molecule is CCc1cnc2c(OC)cc(C(=O)NC[C@](O)(c3cc4c(c(-c5ccc(F)cc5)n3)OC[C@]4(C)C(N)=O)C(F)(F)F)cc2c1. The maximum absolute atomic E-state index is 14.7. The van der Waals surface area contributed by atoms with Crippen molar-refractivity contribution in [1.82, 2.24) is 15.3 Å². The Bertz CT molecular complexity index is 1780. The number of nitrogens with two attached hydrogens (primary N) is 1. The van der Waals surface area contributed by atoms with Gasteiger partial charge in [0.1, 0.15) is 40.5 Å². The molecule has 13 heteroatoms. The van der Waals surface area contributed by atoms with E-state index in [2.05, 4.69) is 15.3 Å². The Balaban J connectivity index is 1.58. The summed E-state index contributed by atoms with van der Waals surface area (Å²) in [4.78, 5) is 34.1. The van der Waals surface area contributed by atoms with E-state index in [9.17, 15) is 32.3 Å². The number of rotatable bonds is 8. The summed E-state index contributed by atoms with van der Waals surface area (Å²) in [6, 6.07) is 10.2. The maximum atomic E-state index is 14.7. The minimum atomic E-state index is -5.36. The van der Waals surface area contributed by atoms with Gasteiger partial charge in [0, 0.05) is 28.3 Å². The van der Waals surface area contributed by atoms with E-state index in [1.807, 2.05) is 6.92 Å². The highest BCUT2D eigenvalue weighted by atomic mass is 19.4. The number of aryl methyl sites for hydroxylation is 1. The number of hydrogen-bond donors (Lipinski definition) is 3. The molecule has 0 bridgehead atoms. The summed E-state index contributed by atoms with van der Waals surface area (Å²) in [5.74, 6) is -2.21. The smallest absolute Gasteiger partial charge is 0.424 e. The maximum Gasteiger partial charge on any atom is 0.424 e. The molecule has 4 aromatic rings. The van der Waals surface area contributed by atoms with Crippen molar-refractivity contribution in [2.75, 3.05) is 20.3 Å². The number of aromatic nitrogens is 2. The molecule has 1 aliphatic rings. The summed E-state index contributed by atoms with van der Waals surface area (Å²) < 4.78 is 68.8. The van der Waals surface area contributed by atoms with Gasteiger partial charge >= 0.3 is 6.18 Å². The van der Waals surface area contributed by atoms with Crippen molar-refractivity contribution >= 4 is 22.7 Å². The molecule has 2 amide bonds. The molecule has 4 N–H and O–H groups in total. The number of alkyl halides is 3. The van der Waals surface area contributed by atoms with Crippen molar-refractivity contribution in [2.24, 2.45) is 5.73 Å². The predicted molar refractivity (Wildman–Crippen MR) is 152 cm³/mol. The molecular weight excluding hydrogens is 584 g/mol. The normalized spacial score (nSPS) is 17.5. The van der Waals surface area contributed by atoms with Crippen molar-refractivity contribution in [3.63, 3.8) is 0 Å². The zero-order chi connectivity index (χ0) is 32.0. The van der Waals surface area contributed by atoms with E-state index in [1.165, 1.54) is 38.3 Å². The minimum absolute atomic E-state index is 0.0291. The Morgan fingerprint density at radius 1 is 1.16 bits per heavy atom. The molecule has 0 saturated heterocycles. The second kappa shape index (κ2) is 11.1. The molecule has 5 rings (SSSR count). The molecular formula is C31H28F4N4O5. The lowest BCUT2D eigenvalue weighted by Gasteiger charge is -2.31. The average Bonchev–Trinajstić information content (AvgIpc) is 3.35. The first kappa shape index (κ1) is 30.7. The molecule has 0 spiro atoms. The van der Waals surface area contributed by atoms with Crippen LogP contribution in [0.25, 0.3) is 22.2 Å². The molecule has 9 nitrogen and oxygen atoms in total. The van der Waals surface area contributed by atoms with Crippen LogP contribution in [0, 0.1) is 5.82 Å². The quantitative estimate of drug-likeness (QED) is 0.252. The monoisotopic (exact) mass is 612 g/mol. The summed E-state index contributed by atoms with van der Waals surface area (Å²) in [5, 5.41) is 14.0. The third kappa shape index (κ3) is 5.17. The number of nitrogens with one attached hydrogen (secondary N) is 1. The third-order valence-electron chi connectivity index (χ3n) is 7.83. The van der Waals surface area contributed by atoms with Crippen LogP contribution in [0.2, 0.25) is 0 Å². The minimum Gasteiger partial charge on any atom is -0.494 e. The van der Waals surface area contributed by atoms with Crippen LogP contribution in [0.1, 0.15) is 41.0 Å². The van der Waals surface area contributed by atoms with E-state index in [0.29, 0.717) is 17.3 Å². The fourth-order valence-electron chi connectivity index (χ4n) is 4.99. The highest BCUT2D eigenvalue weighted by Crippen LogP contribution is 2.47. The zero-order valence-corrected chi connectivity index (χ0v) is 23.9. The highest BCUT2D eigenvalue weighted by Gasteiger charge is 2.57. The van der Waals surface area contributed by atoms with Crippen LogP contribution in [-0.4, -0.2) is 53.3 Å². The number of carbonyl (C=O) groups is 2. The summed E-state index contributed by atoms with van der Waals surface area (Å²) in [7, 11) is 1.37. The first-order valence-electron chi connectivity index (χ1n) is 13.5. The Hall–Kier alpha value is -4.78. The fraction of sp³-hybridized carbons (Fsp3) is 0.290. The van der Waals surface area contributed by atoms with Gasteiger partial charge in [-0.05, 0) is 67.4 Å². The van der Waals surface area contributed by atoms with Gasteiger partial charge in [-0.25, -0.2) is 9.37 Å². The standard InChI is InChI=1S/C31H28F4N4O5/c1-4-16-9-18-10-19(11-22(43-3)24(18)37-13-16)27(40)38-14-30(42,31(33,34)35)23-12-21-26(44-15-29(21,2)28(36)41)25(39-23)17-5-7-20(32)8-6-17/h5-13,42H,4,14-15H2,1-3H3,(H2,36,41)(H,38,40)/t29-,30-/m0/s1. The fourth-order valence-corrected chi connectivity index (χ4v) is 4.99. The Morgan fingerprint density at radius 2 is 1.86 bits per heavy atom. The second-order valence-electron chi connectivity index (χ2n) is 10.7. The van der Waals surface area contributed by atoms with Gasteiger partial charge in [0.25, 0.3) is 5.91 Å². The molecule has 0 unspecified atom stereocenters. The number of pyridine rings is 2. The number of halogens is 4. The van der Waals surface area contributed by atoms with E-state index < -0.39 is 47.1 Å². The van der Waals surface area contributed by atoms with Crippen LogP contribution in [-0.2, 0) is 22.2 Å². The number of amides is 2. The number of benzene rings is 2. The molecule has 0 radical (unpaired) electrons. The first-order chi connectivity index (χ1) is 20.7. The van der Waals surface area contributed by atoms with Crippen LogP contribution in [0.15, 0.2) is 54.7 Å². The topological polar surface area (TPSA) is 137 Å². The number of primary amides is 1. The van der Waals surface area contributed by atoms with E-state index in [-0.39, 0.29) is 40.5 Å². The van der Waals surface area contributed by atoms with Gasteiger partial charge in [-0.2, -0.15) is 13.2 Å². The number of carbonyl (C=O) groups excluding carboxylic acids is 2. The van der Waals surface area contributed by atoms with E-state index in [4.69, 9.17) is 15.2 Å². The van der Waals surface area contributed by atoms with Crippen molar-refractivity contribution < 1.29 is 41.7 Å². The summed E-state index contributed by atoms with van der Waals surface area (Å²) in [6.45, 7) is 1.67. The van der Waals surface area contributed by atoms with Crippen molar-refractivity contribution in [2.45, 2.75) is 37.5 Å². The number of ether oxygens (including phenoxy) is 2. The number of nitrogens with zero attached hydrogens (tertiary/aromatic N) is 2. The van der Waals surface area contributed by atoms with E-state index in [0.717, 1.165) is 23.8 Å². The lowest BCUT2D eigenvalue weighted by Crippen LogP contribution is -2.51. The van der Waals surface area contributed by atoms with Crippen LogP contribution < -0.4 is 20.5 Å². The molecule has 230 valence electrons. The summed E-state index contributed by atoms with van der Waals surface area (Å²) in [6.07, 6.45) is -3.04. The van der Waals surface area contributed by atoms with Crippen LogP contribution in [0.4, 0.5) is 17.6 Å². The molecule has 0 aliphatic carbocycles.